The van der Waals surface area contributed by atoms with Gasteiger partial charge >= 0.3 is 0 Å². The van der Waals surface area contributed by atoms with Crippen LogP contribution in [0.3, 0.4) is 0 Å². The highest BCUT2D eigenvalue weighted by atomic mass is 35.5. The minimum atomic E-state index is -4.23. The third kappa shape index (κ3) is 4.85. The van der Waals surface area contributed by atoms with Gasteiger partial charge in [0.25, 0.3) is 15.9 Å². The smallest absolute Gasteiger partial charge is 0.263 e. The summed E-state index contributed by atoms with van der Waals surface area (Å²) >= 11 is 11.9. The van der Waals surface area contributed by atoms with E-state index in [2.05, 4.69) is 15.0 Å². The minimum absolute atomic E-state index is 0.0420. The first-order chi connectivity index (χ1) is 17.5. The second-order valence-electron chi connectivity index (χ2n) is 7.86. The third-order valence-electron chi connectivity index (χ3n) is 5.61. The predicted molar refractivity (Wildman–Crippen MR) is 142 cm³/mol. The van der Waals surface area contributed by atoms with Crippen molar-refractivity contribution in [2.45, 2.75) is 18.4 Å². The molecule has 0 fully saturated rings. The SMILES string of the molecule is CCn1c(N)c(C(=O)NC)c(=O)c2ccc(-c3ccc(NS(=O)(=O)c4cc(Cl)ccc4Cl)c(F)c3)nc21. The standard InChI is InChI=1S/C24H20Cl2FN5O4S/c1-3-32-22(28)20(24(34)29-2)21(33)14-6-9-17(30-23(14)32)12-4-8-18(16(27)10-12)31-37(35,36)19-11-13(25)5-7-15(19)26/h4-11,31H,3,28H2,1-2H3,(H,29,34). The number of benzene rings is 2. The topological polar surface area (TPSA) is 136 Å². The predicted octanol–water partition coefficient (Wildman–Crippen LogP) is 4.27. The van der Waals surface area contributed by atoms with E-state index in [9.17, 15) is 22.4 Å². The molecule has 9 nitrogen and oxygen atoms in total. The van der Waals surface area contributed by atoms with E-state index in [1.807, 2.05) is 0 Å². The number of anilines is 2. The zero-order valence-electron chi connectivity index (χ0n) is 19.5. The molecule has 0 aliphatic rings. The lowest BCUT2D eigenvalue weighted by atomic mass is 10.1. The van der Waals surface area contributed by atoms with Gasteiger partial charge in [0.05, 0.1) is 21.8 Å². The number of aromatic nitrogens is 2. The average Bonchev–Trinajstić information content (AvgIpc) is 2.86. The molecule has 2 heterocycles. The monoisotopic (exact) mass is 563 g/mol. The Bertz CT molecular complexity index is 1740. The van der Waals surface area contributed by atoms with Crippen LogP contribution in [0.2, 0.25) is 10.0 Å². The van der Waals surface area contributed by atoms with Gasteiger partial charge in [0.15, 0.2) is 0 Å². The van der Waals surface area contributed by atoms with E-state index in [4.69, 9.17) is 28.9 Å². The second-order valence-corrected chi connectivity index (χ2v) is 10.3. The summed E-state index contributed by atoms with van der Waals surface area (Å²) < 4.78 is 44.2. The number of nitrogens with two attached hydrogens (primary N) is 1. The summed E-state index contributed by atoms with van der Waals surface area (Å²) in [4.78, 5) is 29.3. The molecule has 0 saturated carbocycles. The average molecular weight is 564 g/mol. The van der Waals surface area contributed by atoms with Crippen LogP contribution in [0.5, 0.6) is 0 Å². The molecule has 2 aromatic carbocycles. The van der Waals surface area contributed by atoms with Crippen LogP contribution in [-0.4, -0.2) is 30.9 Å². The molecule has 0 atom stereocenters. The Hall–Kier alpha value is -3.67. The first kappa shape index (κ1) is 26.4. The molecule has 0 spiro atoms. The maximum atomic E-state index is 15.0. The molecular formula is C24H20Cl2FN5O4S. The van der Waals surface area contributed by atoms with Crippen molar-refractivity contribution in [3.05, 3.63) is 80.2 Å². The molecule has 2 aromatic heterocycles. The van der Waals surface area contributed by atoms with Crippen LogP contribution in [0.1, 0.15) is 17.3 Å². The van der Waals surface area contributed by atoms with E-state index >= 15 is 0 Å². The van der Waals surface area contributed by atoms with Crippen molar-refractivity contribution in [1.29, 1.82) is 0 Å². The van der Waals surface area contributed by atoms with E-state index in [0.29, 0.717) is 17.8 Å². The van der Waals surface area contributed by atoms with E-state index in [1.165, 1.54) is 48.0 Å². The fraction of sp³-hybridized carbons (Fsp3) is 0.125. The first-order valence-corrected chi connectivity index (χ1v) is 13.0. The molecule has 37 heavy (non-hydrogen) atoms. The lowest BCUT2D eigenvalue weighted by molar-refractivity contribution is 0.0962. The van der Waals surface area contributed by atoms with Crippen molar-refractivity contribution in [2.75, 3.05) is 17.5 Å². The van der Waals surface area contributed by atoms with Crippen molar-refractivity contribution in [3.63, 3.8) is 0 Å². The van der Waals surface area contributed by atoms with Crippen LogP contribution in [0.15, 0.2) is 58.2 Å². The van der Waals surface area contributed by atoms with E-state index < -0.39 is 27.2 Å². The van der Waals surface area contributed by atoms with E-state index in [0.717, 1.165) is 12.1 Å². The van der Waals surface area contributed by atoms with Gasteiger partial charge < -0.3 is 15.6 Å². The molecule has 0 saturated heterocycles. The van der Waals surface area contributed by atoms with Gasteiger partial charge in [-0.15, -0.1) is 0 Å². The van der Waals surface area contributed by atoms with Crippen LogP contribution in [0, 0.1) is 5.82 Å². The Morgan fingerprint density at radius 2 is 1.86 bits per heavy atom. The molecule has 4 aromatic rings. The van der Waals surface area contributed by atoms with Crippen molar-refractivity contribution < 1.29 is 17.6 Å². The third-order valence-corrected chi connectivity index (χ3v) is 7.69. The Kier molecular flexibility index (Phi) is 7.13. The van der Waals surface area contributed by atoms with Gasteiger partial charge in [0.2, 0.25) is 5.43 Å². The highest BCUT2D eigenvalue weighted by molar-refractivity contribution is 7.92. The molecule has 4 N–H and O–H groups in total. The molecule has 0 aliphatic carbocycles. The highest BCUT2D eigenvalue weighted by Crippen LogP contribution is 2.30. The molecule has 1 amide bonds. The molecule has 4 rings (SSSR count). The lowest BCUT2D eigenvalue weighted by Gasteiger charge is -2.16. The van der Waals surface area contributed by atoms with Gasteiger partial charge in [-0.2, -0.15) is 0 Å². The number of rotatable bonds is 6. The van der Waals surface area contributed by atoms with E-state index in [-0.39, 0.29) is 43.0 Å². The molecule has 0 bridgehead atoms. The lowest BCUT2D eigenvalue weighted by Crippen LogP contribution is -2.30. The molecule has 0 aliphatic heterocycles. The summed E-state index contributed by atoms with van der Waals surface area (Å²) in [6.07, 6.45) is 0. The summed E-state index contributed by atoms with van der Waals surface area (Å²) in [6.45, 7) is 2.08. The zero-order valence-corrected chi connectivity index (χ0v) is 21.8. The summed E-state index contributed by atoms with van der Waals surface area (Å²) in [5.74, 6) is -1.53. The largest absolute Gasteiger partial charge is 0.384 e. The Labute approximate surface area is 221 Å². The van der Waals surface area contributed by atoms with Gasteiger partial charge in [0, 0.05) is 24.2 Å². The van der Waals surface area contributed by atoms with Crippen LogP contribution < -0.4 is 21.2 Å². The van der Waals surface area contributed by atoms with Crippen molar-refractivity contribution in [2.24, 2.45) is 0 Å². The van der Waals surface area contributed by atoms with Crippen LogP contribution in [-0.2, 0) is 16.6 Å². The Morgan fingerprint density at radius 3 is 2.51 bits per heavy atom. The fourth-order valence-corrected chi connectivity index (χ4v) is 5.63. The number of hydrogen-bond acceptors (Lipinski definition) is 6. The van der Waals surface area contributed by atoms with Gasteiger partial charge in [-0.05, 0) is 49.4 Å². The quantitative estimate of drug-likeness (QED) is 0.320. The van der Waals surface area contributed by atoms with Gasteiger partial charge in [0.1, 0.15) is 27.7 Å². The minimum Gasteiger partial charge on any atom is -0.384 e. The molecule has 0 unspecified atom stereocenters. The van der Waals surface area contributed by atoms with Crippen molar-refractivity contribution >= 4 is 61.7 Å². The number of sulfonamides is 1. The van der Waals surface area contributed by atoms with Crippen molar-refractivity contribution in [3.8, 4) is 11.3 Å². The maximum absolute atomic E-state index is 15.0. The number of nitrogens with one attached hydrogen (secondary N) is 2. The Morgan fingerprint density at radius 1 is 1.14 bits per heavy atom. The number of hydrogen-bond donors (Lipinski definition) is 3. The van der Waals surface area contributed by atoms with Crippen LogP contribution in [0.25, 0.3) is 22.3 Å². The number of nitrogens with zero attached hydrogens (tertiary/aromatic N) is 2. The fourth-order valence-electron chi connectivity index (χ4n) is 3.80. The van der Waals surface area contributed by atoms with Crippen LogP contribution >= 0.6 is 23.2 Å². The number of fused-ring (bicyclic) bond motifs is 1. The summed E-state index contributed by atoms with van der Waals surface area (Å²) in [5, 5.41) is 2.65. The zero-order chi connectivity index (χ0) is 27.1. The number of halogens is 3. The number of carbonyl (C=O) groups is 1. The molecule has 0 radical (unpaired) electrons. The summed E-state index contributed by atoms with van der Waals surface area (Å²) in [5.41, 5.74) is 5.87. The maximum Gasteiger partial charge on any atom is 0.263 e. The molecule has 192 valence electrons. The molecule has 13 heteroatoms. The first-order valence-electron chi connectivity index (χ1n) is 10.8. The number of amides is 1. The summed E-state index contributed by atoms with van der Waals surface area (Å²) in [7, 11) is -2.84. The normalized spacial score (nSPS) is 11.5. The van der Waals surface area contributed by atoms with Crippen molar-refractivity contribution in [1.82, 2.24) is 14.9 Å². The van der Waals surface area contributed by atoms with Gasteiger partial charge in [-0.3, -0.25) is 14.3 Å². The Balaban J connectivity index is 1.76. The summed E-state index contributed by atoms with van der Waals surface area (Å²) in [6, 6.07) is 10.7. The van der Waals surface area contributed by atoms with Gasteiger partial charge in [-0.25, -0.2) is 17.8 Å². The number of aryl methyl sites for hydroxylation is 1. The van der Waals surface area contributed by atoms with E-state index in [1.54, 1.807) is 6.92 Å². The molecular weight excluding hydrogens is 544 g/mol. The number of nitrogen functional groups attached to an aromatic ring is 1. The number of pyridine rings is 2. The second kappa shape index (κ2) is 10.0. The van der Waals surface area contributed by atoms with Crippen LogP contribution in [0.4, 0.5) is 15.9 Å². The van der Waals surface area contributed by atoms with Gasteiger partial charge in [-0.1, -0.05) is 29.3 Å². The highest BCUT2D eigenvalue weighted by Gasteiger charge is 2.22. The number of carbonyl (C=O) groups excluding carboxylic acids is 1.